The lowest BCUT2D eigenvalue weighted by molar-refractivity contribution is 0.180. The third-order valence-electron chi connectivity index (χ3n) is 4.41. The molecule has 2 aromatic heterocycles. The predicted octanol–water partition coefficient (Wildman–Crippen LogP) is 1.49. The molecule has 28 heavy (non-hydrogen) atoms. The summed E-state index contributed by atoms with van der Waals surface area (Å²) in [5.41, 5.74) is 1.90. The molecule has 0 saturated heterocycles. The van der Waals surface area contributed by atoms with Crippen molar-refractivity contribution in [3.63, 3.8) is 0 Å². The second kappa shape index (κ2) is 9.61. The minimum atomic E-state index is -0.663. The Labute approximate surface area is 164 Å². The summed E-state index contributed by atoms with van der Waals surface area (Å²) < 4.78 is 1.92. The number of aliphatic hydroxyl groups excluding tert-OH is 1. The molecule has 0 bridgehead atoms. The summed E-state index contributed by atoms with van der Waals surface area (Å²) in [4.78, 5) is 8.60. The van der Waals surface area contributed by atoms with Crippen molar-refractivity contribution in [1.82, 2.24) is 30.4 Å². The fourth-order valence-electron chi connectivity index (χ4n) is 2.59. The van der Waals surface area contributed by atoms with Gasteiger partial charge in [-0.2, -0.15) is 0 Å². The Morgan fingerprint density at radius 3 is 2.54 bits per heavy atom. The van der Waals surface area contributed by atoms with Crippen LogP contribution in [0.1, 0.15) is 28.9 Å². The van der Waals surface area contributed by atoms with Gasteiger partial charge in [-0.15, -0.1) is 10.2 Å². The number of aryl methyl sites for hydroxylation is 1. The van der Waals surface area contributed by atoms with Gasteiger partial charge in [0.25, 0.3) is 0 Å². The minimum Gasteiger partial charge on any atom is -0.387 e. The largest absolute Gasteiger partial charge is 0.387 e. The second-order valence-electron chi connectivity index (χ2n) is 6.40. The molecular weight excluding hydrogens is 354 g/mol. The van der Waals surface area contributed by atoms with E-state index in [4.69, 9.17) is 0 Å². The molecule has 0 spiro atoms. The van der Waals surface area contributed by atoms with Gasteiger partial charge in [0.2, 0.25) is 0 Å². The van der Waals surface area contributed by atoms with E-state index in [-0.39, 0.29) is 0 Å². The van der Waals surface area contributed by atoms with Crippen LogP contribution in [-0.2, 0) is 20.1 Å². The highest BCUT2D eigenvalue weighted by molar-refractivity contribution is 5.79. The topological polar surface area (TPSA) is 100 Å². The summed E-state index contributed by atoms with van der Waals surface area (Å²) in [6.07, 6.45) is 2.67. The van der Waals surface area contributed by atoms with Crippen LogP contribution in [0.25, 0.3) is 0 Å². The number of rotatable bonds is 7. The maximum Gasteiger partial charge on any atom is 0.192 e. The third kappa shape index (κ3) is 5.37. The highest BCUT2D eigenvalue weighted by Crippen LogP contribution is 2.09. The van der Waals surface area contributed by atoms with Crippen LogP contribution < -0.4 is 10.6 Å². The van der Waals surface area contributed by atoms with Crippen LogP contribution in [0.2, 0.25) is 0 Å². The minimum absolute atomic E-state index is 0.322. The van der Waals surface area contributed by atoms with Crippen LogP contribution in [0.5, 0.6) is 0 Å². The zero-order chi connectivity index (χ0) is 19.8. The fourth-order valence-corrected chi connectivity index (χ4v) is 2.59. The lowest BCUT2D eigenvalue weighted by Gasteiger charge is -2.16. The molecule has 1 atom stereocenters. The van der Waals surface area contributed by atoms with Crippen LogP contribution in [-0.4, -0.2) is 37.4 Å². The molecule has 0 aliphatic carbocycles. The van der Waals surface area contributed by atoms with Crippen LogP contribution >= 0.6 is 0 Å². The molecule has 0 amide bonds. The molecule has 0 saturated carbocycles. The molecule has 3 N–H and O–H groups in total. The summed E-state index contributed by atoms with van der Waals surface area (Å²) in [7, 11) is 1.92. The number of aliphatic hydroxyl groups is 1. The molecule has 2 heterocycles. The third-order valence-corrected chi connectivity index (χ3v) is 4.41. The lowest BCUT2D eigenvalue weighted by atomic mass is 10.1. The molecule has 0 aliphatic rings. The van der Waals surface area contributed by atoms with Gasteiger partial charge in [0.05, 0.1) is 19.2 Å². The van der Waals surface area contributed by atoms with Gasteiger partial charge in [-0.3, -0.25) is 4.98 Å². The second-order valence-corrected chi connectivity index (χ2v) is 6.40. The SMILES string of the molecule is Cc1nnc(CNC(=NCc2ccccc2)NCC(O)c2ccncc2)n1C. The Balaban J connectivity index is 1.65. The van der Waals surface area contributed by atoms with Crippen molar-refractivity contribution in [1.29, 1.82) is 0 Å². The van der Waals surface area contributed by atoms with E-state index in [1.165, 1.54) is 0 Å². The number of aromatic nitrogens is 4. The van der Waals surface area contributed by atoms with Gasteiger partial charge in [0.15, 0.2) is 11.8 Å². The summed E-state index contributed by atoms with van der Waals surface area (Å²) in [6.45, 7) is 3.23. The summed E-state index contributed by atoms with van der Waals surface area (Å²) in [5.74, 6) is 2.25. The highest BCUT2D eigenvalue weighted by Gasteiger charge is 2.10. The highest BCUT2D eigenvalue weighted by atomic mass is 16.3. The maximum atomic E-state index is 10.4. The standard InChI is InChI=1S/C20H25N7O/c1-15-25-26-19(27(15)2)14-24-20(22-12-16-6-4-3-5-7-16)23-13-18(28)17-8-10-21-11-9-17/h3-11,18,28H,12-14H2,1-2H3,(H2,22,23,24). The van der Waals surface area contributed by atoms with Crippen LogP contribution in [0.4, 0.5) is 0 Å². The Kier molecular flexibility index (Phi) is 6.69. The van der Waals surface area contributed by atoms with E-state index in [9.17, 15) is 5.11 Å². The van der Waals surface area contributed by atoms with Gasteiger partial charge in [-0.05, 0) is 30.2 Å². The van der Waals surface area contributed by atoms with Crippen molar-refractivity contribution in [3.8, 4) is 0 Å². The molecule has 0 aliphatic heterocycles. The number of nitrogens with zero attached hydrogens (tertiary/aromatic N) is 5. The Bertz CT molecular complexity index is 893. The first-order valence-corrected chi connectivity index (χ1v) is 9.12. The molecule has 0 fully saturated rings. The molecule has 8 nitrogen and oxygen atoms in total. The van der Waals surface area contributed by atoms with E-state index in [2.05, 4.69) is 30.8 Å². The monoisotopic (exact) mass is 379 g/mol. The van der Waals surface area contributed by atoms with Gasteiger partial charge in [-0.25, -0.2) is 4.99 Å². The van der Waals surface area contributed by atoms with E-state index in [1.807, 2.05) is 48.9 Å². The van der Waals surface area contributed by atoms with Crippen LogP contribution in [0.3, 0.4) is 0 Å². The average molecular weight is 379 g/mol. The number of aliphatic imine (C=N–C) groups is 1. The van der Waals surface area contributed by atoms with E-state index in [0.717, 1.165) is 22.8 Å². The summed E-state index contributed by atoms with van der Waals surface area (Å²) in [6, 6.07) is 13.6. The summed E-state index contributed by atoms with van der Waals surface area (Å²) >= 11 is 0. The van der Waals surface area contributed by atoms with E-state index in [1.54, 1.807) is 24.5 Å². The van der Waals surface area contributed by atoms with Crippen molar-refractivity contribution in [2.24, 2.45) is 12.0 Å². The number of nitrogens with one attached hydrogen (secondary N) is 2. The van der Waals surface area contributed by atoms with Crippen molar-refractivity contribution in [2.45, 2.75) is 26.1 Å². The zero-order valence-electron chi connectivity index (χ0n) is 16.1. The van der Waals surface area contributed by atoms with Gasteiger partial charge in [0.1, 0.15) is 5.82 Å². The lowest BCUT2D eigenvalue weighted by Crippen LogP contribution is -2.39. The van der Waals surface area contributed by atoms with Crippen molar-refractivity contribution < 1.29 is 5.11 Å². The first-order valence-electron chi connectivity index (χ1n) is 9.12. The van der Waals surface area contributed by atoms with Crippen molar-refractivity contribution in [3.05, 3.63) is 77.6 Å². The predicted molar refractivity (Wildman–Crippen MR) is 107 cm³/mol. The van der Waals surface area contributed by atoms with Gasteiger partial charge >= 0.3 is 0 Å². The fraction of sp³-hybridized carbons (Fsp3) is 0.300. The summed E-state index contributed by atoms with van der Waals surface area (Å²) in [5, 5.41) is 25.1. The molecule has 0 radical (unpaired) electrons. The van der Waals surface area contributed by atoms with E-state index >= 15 is 0 Å². The van der Waals surface area contributed by atoms with Crippen LogP contribution in [0.15, 0.2) is 59.9 Å². The Morgan fingerprint density at radius 2 is 1.86 bits per heavy atom. The zero-order valence-corrected chi connectivity index (χ0v) is 16.1. The first kappa shape index (κ1) is 19.5. The van der Waals surface area contributed by atoms with E-state index < -0.39 is 6.10 Å². The van der Waals surface area contributed by atoms with Gasteiger partial charge in [-0.1, -0.05) is 30.3 Å². The molecule has 3 aromatic rings. The number of hydrogen-bond acceptors (Lipinski definition) is 5. The average Bonchev–Trinajstić information content (AvgIpc) is 3.06. The molecule has 1 aromatic carbocycles. The van der Waals surface area contributed by atoms with Crippen LogP contribution in [0, 0.1) is 6.92 Å². The maximum absolute atomic E-state index is 10.4. The number of pyridine rings is 1. The molecule has 1 unspecified atom stereocenters. The number of benzene rings is 1. The first-order chi connectivity index (χ1) is 13.6. The van der Waals surface area contributed by atoms with Crippen molar-refractivity contribution >= 4 is 5.96 Å². The molecule has 3 rings (SSSR count). The quantitative estimate of drug-likeness (QED) is 0.425. The normalized spacial score (nSPS) is 12.6. The van der Waals surface area contributed by atoms with Gasteiger partial charge in [0, 0.05) is 26.0 Å². The molecule has 146 valence electrons. The smallest absolute Gasteiger partial charge is 0.192 e. The molecular formula is C20H25N7O. The van der Waals surface area contributed by atoms with Crippen molar-refractivity contribution in [2.75, 3.05) is 6.54 Å². The van der Waals surface area contributed by atoms with E-state index in [0.29, 0.717) is 25.6 Å². The van der Waals surface area contributed by atoms with Gasteiger partial charge < -0.3 is 20.3 Å². The Hall–Kier alpha value is -3.26. The Morgan fingerprint density at radius 1 is 1.11 bits per heavy atom. The molecule has 8 heteroatoms. The number of guanidine groups is 1. The number of hydrogen-bond donors (Lipinski definition) is 3.